The molecule has 1 aromatic carbocycles. The van der Waals surface area contributed by atoms with Crippen molar-refractivity contribution in [2.45, 2.75) is 0 Å². The van der Waals surface area contributed by atoms with E-state index in [1.54, 1.807) is 12.4 Å². The molecule has 0 unspecified atom stereocenters. The molecule has 6 heteroatoms. The van der Waals surface area contributed by atoms with Gasteiger partial charge in [-0.2, -0.15) is 0 Å². The second kappa shape index (κ2) is 5.54. The van der Waals surface area contributed by atoms with Crippen molar-refractivity contribution in [1.82, 2.24) is 9.97 Å². The molecular formula is C14H16ClN5. The molecule has 2 aromatic rings. The SMILES string of the molecule is Nc1c(Cl)cccc1N1CCN(c2ncccn2)CC1. The molecule has 0 spiro atoms. The maximum Gasteiger partial charge on any atom is 0.225 e. The molecule has 104 valence electrons. The van der Waals surface area contributed by atoms with E-state index in [-0.39, 0.29) is 0 Å². The highest BCUT2D eigenvalue weighted by Crippen LogP contribution is 2.30. The van der Waals surface area contributed by atoms with Crippen molar-refractivity contribution in [2.24, 2.45) is 0 Å². The van der Waals surface area contributed by atoms with E-state index in [0.29, 0.717) is 10.7 Å². The van der Waals surface area contributed by atoms with Gasteiger partial charge >= 0.3 is 0 Å². The first-order valence-electron chi connectivity index (χ1n) is 6.56. The summed E-state index contributed by atoms with van der Waals surface area (Å²) in [4.78, 5) is 13.0. The normalized spacial score (nSPS) is 15.4. The fourth-order valence-corrected chi connectivity index (χ4v) is 2.57. The van der Waals surface area contributed by atoms with Crippen molar-refractivity contribution in [3.63, 3.8) is 0 Å². The molecule has 0 aliphatic carbocycles. The summed E-state index contributed by atoms with van der Waals surface area (Å²) >= 11 is 6.08. The van der Waals surface area contributed by atoms with Crippen molar-refractivity contribution < 1.29 is 0 Å². The van der Waals surface area contributed by atoms with Gasteiger partial charge in [0.1, 0.15) is 0 Å². The minimum absolute atomic E-state index is 0.608. The van der Waals surface area contributed by atoms with Gasteiger partial charge in [-0.25, -0.2) is 9.97 Å². The molecule has 1 aliphatic heterocycles. The maximum absolute atomic E-state index is 6.08. The molecule has 3 rings (SSSR count). The number of para-hydroxylation sites is 1. The zero-order valence-electron chi connectivity index (χ0n) is 11.0. The van der Waals surface area contributed by atoms with E-state index in [2.05, 4.69) is 19.8 Å². The summed E-state index contributed by atoms with van der Waals surface area (Å²) in [5.74, 6) is 0.784. The van der Waals surface area contributed by atoms with Gasteiger partial charge in [-0.05, 0) is 18.2 Å². The number of aromatic nitrogens is 2. The number of halogens is 1. The van der Waals surface area contributed by atoms with Crippen molar-refractivity contribution in [1.29, 1.82) is 0 Å². The number of hydrogen-bond donors (Lipinski definition) is 1. The fourth-order valence-electron chi connectivity index (χ4n) is 2.40. The number of hydrogen-bond acceptors (Lipinski definition) is 5. The standard InChI is InChI=1S/C14H16ClN5/c15-11-3-1-4-12(13(11)16)19-7-9-20(10-8-19)14-17-5-2-6-18-14/h1-6H,7-10,16H2. The van der Waals surface area contributed by atoms with E-state index in [4.69, 9.17) is 17.3 Å². The number of nitrogen functional groups attached to an aromatic ring is 1. The summed E-state index contributed by atoms with van der Waals surface area (Å²) in [7, 11) is 0. The molecule has 5 nitrogen and oxygen atoms in total. The quantitative estimate of drug-likeness (QED) is 0.858. The van der Waals surface area contributed by atoms with Crippen LogP contribution in [0.25, 0.3) is 0 Å². The Morgan fingerprint density at radius 1 is 0.950 bits per heavy atom. The number of piperazine rings is 1. The molecule has 0 saturated carbocycles. The van der Waals surface area contributed by atoms with Crippen LogP contribution >= 0.6 is 11.6 Å². The summed E-state index contributed by atoms with van der Waals surface area (Å²) in [5.41, 5.74) is 7.70. The molecule has 2 N–H and O–H groups in total. The maximum atomic E-state index is 6.08. The first kappa shape index (κ1) is 13.0. The summed E-state index contributed by atoms with van der Waals surface area (Å²) < 4.78 is 0. The third-order valence-corrected chi connectivity index (χ3v) is 3.81. The lowest BCUT2D eigenvalue weighted by Crippen LogP contribution is -2.47. The van der Waals surface area contributed by atoms with Crippen molar-refractivity contribution in [2.75, 3.05) is 41.7 Å². The Bertz CT molecular complexity index is 581. The Kier molecular flexibility index (Phi) is 3.60. The molecule has 0 atom stereocenters. The predicted molar refractivity (Wildman–Crippen MR) is 82.3 cm³/mol. The number of nitrogens with two attached hydrogens (primary N) is 1. The third kappa shape index (κ3) is 2.49. The highest BCUT2D eigenvalue weighted by molar-refractivity contribution is 6.33. The monoisotopic (exact) mass is 289 g/mol. The second-order valence-corrected chi connectivity index (χ2v) is 5.10. The van der Waals surface area contributed by atoms with Gasteiger partial charge in [0.15, 0.2) is 0 Å². The summed E-state index contributed by atoms with van der Waals surface area (Å²) in [5, 5.41) is 0.608. The zero-order chi connectivity index (χ0) is 13.9. The third-order valence-electron chi connectivity index (χ3n) is 3.49. The lowest BCUT2D eigenvalue weighted by Gasteiger charge is -2.36. The smallest absolute Gasteiger partial charge is 0.225 e. The van der Waals surface area contributed by atoms with Gasteiger partial charge in [0.05, 0.1) is 16.4 Å². The van der Waals surface area contributed by atoms with Crippen molar-refractivity contribution in [3.8, 4) is 0 Å². The van der Waals surface area contributed by atoms with Crippen LogP contribution in [-0.2, 0) is 0 Å². The first-order chi connectivity index (χ1) is 9.75. The van der Waals surface area contributed by atoms with Gasteiger partial charge in [0, 0.05) is 38.6 Å². The molecule has 1 aliphatic rings. The Labute approximate surface area is 123 Å². The van der Waals surface area contributed by atoms with Crippen LogP contribution in [0.1, 0.15) is 0 Å². The summed E-state index contributed by atoms with van der Waals surface area (Å²) in [6, 6.07) is 7.58. The van der Waals surface area contributed by atoms with E-state index < -0.39 is 0 Å². The topological polar surface area (TPSA) is 58.3 Å². The van der Waals surface area contributed by atoms with Gasteiger partial charge < -0.3 is 15.5 Å². The lowest BCUT2D eigenvalue weighted by molar-refractivity contribution is 0.640. The number of anilines is 3. The van der Waals surface area contributed by atoms with Crippen LogP contribution in [0.2, 0.25) is 5.02 Å². The van der Waals surface area contributed by atoms with Gasteiger partial charge in [-0.1, -0.05) is 17.7 Å². The molecule has 0 amide bonds. The van der Waals surface area contributed by atoms with Crippen LogP contribution in [0.5, 0.6) is 0 Å². The van der Waals surface area contributed by atoms with Gasteiger partial charge in [0.25, 0.3) is 0 Å². The molecule has 1 fully saturated rings. The molecule has 0 radical (unpaired) electrons. The van der Waals surface area contributed by atoms with Crippen molar-refractivity contribution in [3.05, 3.63) is 41.7 Å². The Morgan fingerprint density at radius 3 is 2.30 bits per heavy atom. The Morgan fingerprint density at radius 2 is 1.60 bits per heavy atom. The van der Waals surface area contributed by atoms with Crippen LogP contribution < -0.4 is 15.5 Å². The minimum atomic E-state index is 0.608. The van der Waals surface area contributed by atoms with E-state index in [1.807, 2.05) is 24.3 Å². The molecule has 0 bridgehead atoms. The van der Waals surface area contributed by atoms with Gasteiger partial charge in [-0.15, -0.1) is 0 Å². The molecule has 2 heterocycles. The number of rotatable bonds is 2. The highest BCUT2D eigenvalue weighted by atomic mass is 35.5. The zero-order valence-corrected chi connectivity index (χ0v) is 11.8. The lowest BCUT2D eigenvalue weighted by atomic mass is 10.2. The molecule has 1 aromatic heterocycles. The Balaban J connectivity index is 1.71. The fraction of sp³-hybridized carbons (Fsp3) is 0.286. The summed E-state index contributed by atoms with van der Waals surface area (Å²) in [6.45, 7) is 3.50. The molecular weight excluding hydrogens is 274 g/mol. The molecule has 1 saturated heterocycles. The highest BCUT2D eigenvalue weighted by Gasteiger charge is 2.20. The van der Waals surface area contributed by atoms with Crippen LogP contribution in [0, 0.1) is 0 Å². The van der Waals surface area contributed by atoms with E-state index in [9.17, 15) is 0 Å². The van der Waals surface area contributed by atoms with E-state index in [1.165, 1.54) is 0 Å². The van der Waals surface area contributed by atoms with Crippen LogP contribution in [0.3, 0.4) is 0 Å². The summed E-state index contributed by atoms with van der Waals surface area (Å²) in [6.07, 6.45) is 3.54. The first-order valence-corrected chi connectivity index (χ1v) is 6.94. The van der Waals surface area contributed by atoms with Crippen molar-refractivity contribution >= 4 is 28.9 Å². The minimum Gasteiger partial charge on any atom is -0.396 e. The molecule has 20 heavy (non-hydrogen) atoms. The number of benzene rings is 1. The van der Waals surface area contributed by atoms with Crippen LogP contribution in [0.15, 0.2) is 36.7 Å². The largest absolute Gasteiger partial charge is 0.396 e. The predicted octanol–water partition coefficient (Wildman–Crippen LogP) is 2.04. The second-order valence-electron chi connectivity index (χ2n) is 4.70. The van der Waals surface area contributed by atoms with Gasteiger partial charge in [0.2, 0.25) is 5.95 Å². The van der Waals surface area contributed by atoms with E-state index in [0.717, 1.165) is 37.8 Å². The van der Waals surface area contributed by atoms with E-state index >= 15 is 0 Å². The van der Waals surface area contributed by atoms with Gasteiger partial charge in [-0.3, -0.25) is 0 Å². The number of nitrogens with zero attached hydrogens (tertiary/aromatic N) is 4. The van der Waals surface area contributed by atoms with Crippen LogP contribution in [0.4, 0.5) is 17.3 Å². The average molecular weight is 290 g/mol. The van der Waals surface area contributed by atoms with Crippen LogP contribution in [-0.4, -0.2) is 36.1 Å². The average Bonchev–Trinajstić information content (AvgIpc) is 2.51. The Hall–Kier alpha value is -2.01.